The third-order valence-electron chi connectivity index (χ3n) is 19.9. The van der Waals surface area contributed by atoms with Gasteiger partial charge < -0.3 is 70.0 Å². The number of fused-ring (bicyclic) bond motifs is 1. The molecule has 3 aromatic rings. The standard InChI is InChI=1S/C79H125N13O14/c1-24-59-74(100)85(17)44-64(93)86(18)60(40-46(2)3)71(97)84-65(50(10)11)77(103)87(19)61(41-47(4)5)70(96)81-53(15)69(95)82-54(16)73(99)88(20)62(42-48(6)7)75(101)89(21)63(43-49(8)9)76(102)90(22)66(51(12)13)78(104)91(23)67(72(98)83-59)68(94)52(14)30-29-31-55-34-35-58(57-33-26-25-32-56(55)57)79(105)106-39-28-27-37-92-38-36-80-45-92/h25-26,29,31-36,38,45-54,59-63,65-68,94H,24,27-28,30,37,39-44H2,1-23H3,(H,81,96)(H,82,95)(H,83,98)(H,84,97)/t52-,53+,54-,59+,60+,61+,62+,63+,65+,66+,67+,68-/m1/s1. The molecule has 1 aromatic heterocycles. The second-order valence-corrected chi connectivity index (χ2v) is 31.3. The number of hydrogen-bond donors (Lipinski definition) is 5. The first-order valence-corrected chi connectivity index (χ1v) is 37.6. The van der Waals surface area contributed by atoms with E-state index in [1.165, 1.54) is 87.7 Å². The van der Waals surface area contributed by atoms with Gasteiger partial charge in [0.15, 0.2) is 0 Å². The summed E-state index contributed by atoms with van der Waals surface area (Å²) in [4.78, 5) is 189. The molecule has 11 amide bonds. The Bertz CT molecular complexity index is 3520. The van der Waals surface area contributed by atoms with E-state index in [2.05, 4.69) is 26.3 Å². The first-order valence-electron chi connectivity index (χ1n) is 37.6. The number of likely N-dealkylation sites (N-methyl/N-ethyl adjacent to an activating group) is 7. The molecule has 5 N–H and O–H groups in total. The molecule has 4 rings (SSSR count). The number of aliphatic hydroxyl groups is 1. The first kappa shape index (κ1) is 89.6. The van der Waals surface area contributed by atoms with Crippen LogP contribution in [0.2, 0.25) is 0 Å². The maximum atomic E-state index is 15.6. The average molecular weight is 1480 g/mol. The van der Waals surface area contributed by atoms with Gasteiger partial charge >= 0.3 is 5.97 Å². The lowest BCUT2D eigenvalue weighted by atomic mass is 9.91. The van der Waals surface area contributed by atoms with E-state index in [1.54, 1.807) is 66.2 Å². The molecule has 27 nitrogen and oxygen atoms in total. The zero-order valence-corrected chi connectivity index (χ0v) is 67.3. The molecule has 2 heterocycles. The number of esters is 1. The quantitative estimate of drug-likeness (QED) is 0.0537. The van der Waals surface area contributed by atoms with Gasteiger partial charge in [0, 0.05) is 68.3 Å². The van der Waals surface area contributed by atoms with Crippen molar-refractivity contribution in [1.82, 2.24) is 65.1 Å². The Kier molecular flexibility index (Phi) is 35.0. The van der Waals surface area contributed by atoms with Gasteiger partial charge in [0.25, 0.3) is 0 Å². The molecule has 106 heavy (non-hydrogen) atoms. The van der Waals surface area contributed by atoms with Crippen molar-refractivity contribution < 1.29 is 67.4 Å². The van der Waals surface area contributed by atoms with E-state index in [0.717, 1.165) is 33.7 Å². The highest BCUT2D eigenvalue weighted by Crippen LogP contribution is 2.29. The zero-order chi connectivity index (χ0) is 80.0. The molecule has 1 saturated heterocycles. The van der Waals surface area contributed by atoms with Crippen LogP contribution in [0.5, 0.6) is 0 Å². The molecule has 0 bridgehead atoms. The molecule has 12 atom stereocenters. The zero-order valence-electron chi connectivity index (χ0n) is 67.3. The van der Waals surface area contributed by atoms with Crippen molar-refractivity contribution in [3.8, 4) is 0 Å². The summed E-state index contributed by atoms with van der Waals surface area (Å²) in [6.45, 7) is 28.3. The number of hydrogen-bond acceptors (Lipinski definition) is 15. The Morgan fingerprint density at radius 2 is 1.06 bits per heavy atom. The fraction of sp³-hybridized carbons (Fsp3) is 0.658. The third kappa shape index (κ3) is 24.4. The van der Waals surface area contributed by atoms with Crippen LogP contribution in [0.1, 0.15) is 178 Å². The summed E-state index contributed by atoms with van der Waals surface area (Å²) in [5, 5.41) is 25.2. The lowest BCUT2D eigenvalue weighted by Crippen LogP contribution is -2.63. The monoisotopic (exact) mass is 1480 g/mol. The number of imidazole rings is 1. The number of ether oxygens (including phenoxy) is 1. The van der Waals surface area contributed by atoms with Gasteiger partial charge in [0.2, 0.25) is 65.0 Å². The molecule has 1 fully saturated rings. The number of nitrogens with one attached hydrogen (secondary N) is 4. The van der Waals surface area contributed by atoms with Gasteiger partial charge in [-0.1, -0.05) is 139 Å². The van der Waals surface area contributed by atoms with Crippen LogP contribution in [-0.4, -0.2) is 249 Å². The molecule has 1 aliphatic rings. The summed E-state index contributed by atoms with van der Waals surface area (Å²) < 4.78 is 7.67. The van der Waals surface area contributed by atoms with Crippen molar-refractivity contribution in [2.75, 3.05) is 62.5 Å². The highest BCUT2D eigenvalue weighted by molar-refractivity contribution is 6.07. The molecule has 0 unspecified atom stereocenters. The van der Waals surface area contributed by atoms with Crippen molar-refractivity contribution in [1.29, 1.82) is 0 Å². The predicted molar refractivity (Wildman–Crippen MR) is 408 cm³/mol. The summed E-state index contributed by atoms with van der Waals surface area (Å²) in [6, 6.07) is -1.97. The number of allylic oxidation sites excluding steroid dienone is 1. The highest BCUT2D eigenvalue weighted by Gasteiger charge is 2.46. The van der Waals surface area contributed by atoms with E-state index in [4.69, 9.17) is 4.74 Å². The van der Waals surface area contributed by atoms with E-state index in [1.807, 2.05) is 103 Å². The van der Waals surface area contributed by atoms with Gasteiger partial charge in [-0.05, 0) is 129 Å². The number of rotatable bonds is 22. The van der Waals surface area contributed by atoms with E-state index < -0.39 is 162 Å². The number of unbranched alkanes of at least 4 members (excludes halogenated alkanes) is 1. The van der Waals surface area contributed by atoms with Crippen LogP contribution in [-0.2, 0) is 64.0 Å². The number of benzene rings is 2. The molecular formula is C79H125N13O14. The van der Waals surface area contributed by atoms with Crippen LogP contribution in [0.15, 0.2) is 61.2 Å². The lowest BCUT2D eigenvalue weighted by molar-refractivity contribution is -0.157. The van der Waals surface area contributed by atoms with Gasteiger partial charge in [-0.25, -0.2) is 9.78 Å². The number of amides is 11. The van der Waals surface area contributed by atoms with Crippen molar-refractivity contribution in [2.45, 2.75) is 235 Å². The minimum absolute atomic E-state index is 0.0311. The SMILES string of the molecule is CC[C@@H]1NC(=O)[C@H]([C@H](O)[C@H](C)CC=Cc2ccc(C(=O)OCCCCn3ccnc3)c3ccccc23)N(C)C(=O)[C@H](C(C)C)N(C)C(=O)[C@H](CC(C)C)N(C)C(=O)[C@H](CC(C)C)N(C)C(=O)[C@@H](C)NC(=O)[C@H](C)NC(=O)[C@H](CC(C)C)N(C)C(=O)[C@H](C(C)C)NC(=O)[C@H](CC(C)C)N(C)C(=O)CN(C)C1=O. The van der Waals surface area contributed by atoms with Gasteiger partial charge in [-0.3, -0.25) is 52.7 Å². The number of aliphatic hydroxyl groups excluding tert-OH is 1. The van der Waals surface area contributed by atoms with E-state index in [9.17, 15) is 43.5 Å². The smallest absolute Gasteiger partial charge is 0.338 e. The summed E-state index contributed by atoms with van der Waals surface area (Å²) in [7, 11) is 9.86. The van der Waals surface area contributed by atoms with Crippen LogP contribution in [0.25, 0.3) is 16.8 Å². The Labute approximate surface area is 629 Å². The second kappa shape index (κ2) is 41.4. The largest absolute Gasteiger partial charge is 0.462 e. The molecule has 0 saturated carbocycles. The van der Waals surface area contributed by atoms with Crippen molar-refractivity contribution in [3.05, 3.63) is 72.3 Å². The number of carbonyl (C=O) groups excluding carboxylic acids is 12. The summed E-state index contributed by atoms with van der Waals surface area (Å²) in [6.07, 6.45) is 9.34. The maximum Gasteiger partial charge on any atom is 0.338 e. The van der Waals surface area contributed by atoms with E-state index >= 15 is 19.2 Å². The highest BCUT2D eigenvalue weighted by atomic mass is 16.5. The Balaban J connectivity index is 1.87. The Morgan fingerprint density at radius 1 is 0.547 bits per heavy atom. The molecule has 2 aromatic carbocycles. The molecule has 0 radical (unpaired) electrons. The fourth-order valence-corrected chi connectivity index (χ4v) is 13.4. The van der Waals surface area contributed by atoms with E-state index in [-0.39, 0.29) is 68.8 Å². The number of carbonyl (C=O) groups is 12. The van der Waals surface area contributed by atoms with Gasteiger partial charge in [-0.2, -0.15) is 0 Å². The molecule has 0 spiro atoms. The summed E-state index contributed by atoms with van der Waals surface area (Å²) in [5.41, 5.74) is 1.12. The van der Waals surface area contributed by atoms with Crippen LogP contribution in [0, 0.1) is 41.4 Å². The summed E-state index contributed by atoms with van der Waals surface area (Å²) in [5.74, 6) is -10.9. The van der Waals surface area contributed by atoms with Gasteiger partial charge in [0.05, 0.1) is 31.1 Å². The van der Waals surface area contributed by atoms with Crippen LogP contribution in [0.4, 0.5) is 0 Å². The van der Waals surface area contributed by atoms with Gasteiger partial charge in [0.1, 0.15) is 60.4 Å². The van der Waals surface area contributed by atoms with Gasteiger partial charge in [-0.15, -0.1) is 0 Å². The Morgan fingerprint density at radius 3 is 1.59 bits per heavy atom. The number of nitrogens with zero attached hydrogens (tertiary/aromatic N) is 9. The van der Waals surface area contributed by atoms with Crippen molar-refractivity contribution >= 4 is 87.8 Å². The topological polar surface area (TPSA) is 323 Å². The van der Waals surface area contributed by atoms with Crippen molar-refractivity contribution in [3.63, 3.8) is 0 Å². The normalized spacial score (nSPS) is 23.9. The second-order valence-electron chi connectivity index (χ2n) is 31.3. The number of aromatic nitrogens is 2. The lowest BCUT2D eigenvalue weighted by Gasteiger charge is -2.41. The first-order chi connectivity index (χ1) is 49.6. The maximum absolute atomic E-state index is 15.6. The van der Waals surface area contributed by atoms with Crippen LogP contribution in [0.3, 0.4) is 0 Å². The molecule has 1 aliphatic heterocycles. The third-order valence-corrected chi connectivity index (χ3v) is 19.9. The number of aryl methyl sites for hydroxylation is 1. The van der Waals surface area contributed by atoms with Crippen LogP contribution >= 0.6 is 0 Å². The predicted octanol–water partition coefficient (Wildman–Crippen LogP) is 6.39. The molecule has 27 heteroatoms. The Hall–Kier alpha value is -8.75. The molecular weight excluding hydrogens is 1350 g/mol. The van der Waals surface area contributed by atoms with E-state index in [0.29, 0.717) is 17.4 Å². The fourth-order valence-electron chi connectivity index (χ4n) is 13.4. The summed E-state index contributed by atoms with van der Waals surface area (Å²) >= 11 is 0. The molecule has 590 valence electrons. The van der Waals surface area contributed by atoms with Crippen molar-refractivity contribution in [2.24, 2.45) is 41.4 Å². The molecule has 0 aliphatic carbocycles. The minimum atomic E-state index is -1.73. The average Bonchev–Trinajstić information content (AvgIpc) is 0.837. The minimum Gasteiger partial charge on any atom is -0.462 e. The van der Waals surface area contributed by atoms with Crippen LogP contribution < -0.4 is 21.3 Å².